The summed E-state index contributed by atoms with van der Waals surface area (Å²) in [4.78, 5) is 0. The van der Waals surface area contributed by atoms with E-state index in [9.17, 15) is 0 Å². The van der Waals surface area contributed by atoms with E-state index in [1.54, 1.807) is 0 Å². The molecule has 0 N–H and O–H groups in total. The van der Waals surface area contributed by atoms with Crippen molar-refractivity contribution in [3.63, 3.8) is 0 Å². The summed E-state index contributed by atoms with van der Waals surface area (Å²) in [5.74, 6) is 0. The lowest BCUT2D eigenvalue weighted by atomic mass is 11.6. The molecule has 0 unspecified atom stereocenters. The summed E-state index contributed by atoms with van der Waals surface area (Å²) in [5.41, 5.74) is 0. The molecule has 0 aromatic rings. The molecule has 0 saturated heterocycles. The van der Waals surface area contributed by atoms with Crippen molar-refractivity contribution in [1.82, 2.24) is 0 Å². The maximum atomic E-state index is 4.28. The molecule has 0 heterocycles. The third-order valence-electron chi connectivity index (χ3n) is 0.700. The average Bonchev–Trinajstić information content (AvgIpc) is 1.55. The topological polar surface area (TPSA) is 24.7 Å². The Balaban J connectivity index is 4.25. The van der Waals surface area contributed by atoms with Crippen LogP contribution in [-0.2, 0) is 0 Å². The minimum Gasteiger partial charge on any atom is -0.267 e. The molecule has 0 bridgehead atoms. The lowest BCUT2D eigenvalue weighted by Gasteiger charge is -2.15. The van der Waals surface area contributed by atoms with E-state index in [-0.39, 0.29) is 0 Å². The van der Waals surface area contributed by atoms with Crippen LogP contribution in [-0.4, -0.2) is 33.0 Å². The Bertz CT molecular complexity index is 164. The van der Waals surface area contributed by atoms with Gasteiger partial charge in [-0.25, -0.2) is 0 Å². The Labute approximate surface area is 72.4 Å². The first-order valence-electron chi connectivity index (χ1n) is 3.58. The lowest BCUT2D eigenvalue weighted by molar-refractivity contribution is 1.57. The molecular formula is C7H18N2SSi. The van der Waals surface area contributed by atoms with Gasteiger partial charge >= 0.3 is 0 Å². The van der Waals surface area contributed by atoms with Gasteiger partial charge in [0, 0.05) is 0 Å². The first-order chi connectivity index (χ1) is 4.71. The number of nitrogens with zero attached hydrogens (tertiary/aromatic N) is 2. The zero-order valence-corrected chi connectivity index (χ0v) is 10.1. The van der Waals surface area contributed by atoms with Crippen molar-refractivity contribution in [1.29, 1.82) is 0 Å². The molecule has 4 heteroatoms. The van der Waals surface area contributed by atoms with Gasteiger partial charge in [0.1, 0.15) is 0 Å². The highest BCUT2D eigenvalue weighted by Gasteiger charge is 2.09. The highest BCUT2D eigenvalue weighted by atomic mass is 32.3. The van der Waals surface area contributed by atoms with E-state index < -0.39 is 18.4 Å². The van der Waals surface area contributed by atoms with Crippen molar-refractivity contribution < 1.29 is 0 Å². The largest absolute Gasteiger partial charge is 0.267 e. The van der Waals surface area contributed by atoms with Crippen LogP contribution in [0.3, 0.4) is 0 Å². The van der Waals surface area contributed by atoms with E-state index in [1.807, 2.05) is 0 Å². The lowest BCUT2D eigenvalue weighted by Crippen LogP contribution is -2.15. The fourth-order valence-electron chi connectivity index (χ4n) is 0.293. The van der Waals surface area contributed by atoms with Crippen LogP contribution in [0, 0.1) is 0 Å². The quantitative estimate of drug-likeness (QED) is 0.472. The molecule has 0 saturated carbocycles. The summed E-state index contributed by atoms with van der Waals surface area (Å²) in [7, 11) is -2.13. The fraction of sp³-hybridized carbons (Fsp3) is 0.857. The summed E-state index contributed by atoms with van der Waals surface area (Å²) in [5, 5.41) is 0. The molecule has 0 aliphatic heterocycles. The highest BCUT2D eigenvalue weighted by Crippen LogP contribution is 2.34. The monoisotopic (exact) mass is 190 g/mol. The Morgan fingerprint density at radius 2 is 1.55 bits per heavy atom. The molecule has 11 heavy (non-hydrogen) atoms. The second-order valence-corrected chi connectivity index (χ2v) is 12.5. The van der Waals surface area contributed by atoms with E-state index in [2.05, 4.69) is 53.5 Å². The van der Waals surface area contributed by atoms with Gasteiger partial charge in [0.2, 0.25) is 0 Å². The van der Waals surface area contributed by atoms with E-state index in [0.29, 0.717) is 0 Å². The predicted octanol–water partition coefficient (Wildman–Crippen LogP) is 2.60. The molecule has 0 aromatic heterocycles. The van der Waals surface area contributed by atoms with Gasteiger partial charge < -0.3 is 0 Å². The summed E-state index contributed by atoms with van der Waals surface area (Å²) in [6.07, 6.45) is 6.37. The van der Waals surface area contributed by atoms with Crippen molar-refractivity contribution in [2.45, 2.75) is 19.6 Å². The molecule has 0 rings (SSSR count). The maximum Gasteiger partial charge on any atom is 0.186 e. The first kappa shape index (κ1) is 10.9. The average molecular weight is 190 g/mol. The highest BCUT2D eigenvalue weighted by molar-refractivity contribution is 8.31. The third kappa shape index (κ3) is 9.95. The van der Waals surface area contributed by atoms with Crippen LogP contribution in [0.4, 0.5) is 0 Å². The molecule has 66 valence electrons. The van der Waals surface area contributed by atoms with Gasteiger partial charge in [-0.3, -0.25) is 4.66 Å². The molecule has 0 atom stereocenters. The van der Waals surface area contributed by atoms with Crippen molar-refractivity contribution in [2.24, 2.45) is 9.06 Å². The van der Waals surface area contributed by atoms with Crippen LogP contribution >= 0.6 is 10.2 Å². The van der Waals surface area contributed by atoms with Crippen LogP contribution < -0.4 is 0 Å². The van der Waals surface area contributed by atoms with Crippen LogP contribution in [0.1, 0.15) is 0 Å². The molecular weight excluding hydrogens is 172 g/mol. The smallest absolute Gasteiger partial charge is 0.186 e. The summed E-state index contributed by atoms with van der Waals surface area (Å²) < 4.78 is 8.53. The molecule has 0 aliphatic carbocycles. The Morgan fingerprint density at radius 3 is 1.82 bits per heavy atom. The second kappa shape index (κ2) is 3.56. The molecule has 0 aliphatic rings. The van der Waals surface area contributed by atoms with Crippen LogP contribution in [0.15, 0.2) is 9.06 Å². The van der Waals surface area contributed by atoms with Gasteiger partial charge in [0.25, 0.3) is 0 Å². The third-order valence-corrected chi connectivity index (χ3v) is 2.10. The van der Waals surface area contributed by atoms with Crippen LogP contribution in [0.5, 0.6) is 0 Å². The number of hydrogen-bond acceptors (Lipinski definition) is 2. The fourth-order valence-corrected chi connectivity index (χ4v) is 1.00. The Hall–Kier alpha value is -0.0531. The summed E-state index contributed by atoms with van der Waals surface area (Å²) in [6, 6.07) is 2.81. The molecule has 0 aromatic carbocycles. The standard InChI is InChI=1S/C7H18N2SSi/c1-10(2,3)8-7-9-11(4,5)6/h1-6H3. The van der Waals surface area contributed by atoms with Crippen LogP contribution in [0.2, 0.25) is 19.6 Å². The zero-order chi connectivity index (χ0) is 9.12. The summed E-state index contributed by atoms with van der Waals surface area (Å²) in [6.45, 7) is 6.52. The first-order valence-corrected chi connectivity index (χ1v) is 9.84. The van der Waals surface area contributed by atoms with Crippen molar-refractivity contribution in [3.8, 4) is 0 Å². The minimum atomic E-state index is -1.32. The second-order valence-electron chi connectivity index (χ2n) is 4.25. The molecule has 2 nitrogen and oxygen atoms in total. The number of rotatable bonds is 2. The normalized spacial score (nSPS) is 13.6. The Morgan fingerprint density at radius 1 is 1.09 bits per heavy atom. The predicted molar refractivity (Wildman–Crippen MR) is 58.6 cm³/mol. The van der Waals surface area contributed by atoms with E-state index in [1.165, 1.54) is 0 Å². The SMILES string of the molecule is C[Si](C)(C)N=C=NS(C)(C)C. The van der Waals surface area contributed by atoms with Crippen LogP contribution in [0.25, 0.3) is 0 Å². The van der Waals surface area contributed by atoms with E-state index >= 15 is 0 Å². The molecule has 0 spiro atoms. The summed E-state index contributed by atoms with van der Waals surface area (Å²) >= 11 is 0. The maximum absolute atomic E-state index is 4.28. The van der Waals surface area contributed by atoms with Gasteiger partial charge in [-0.05, 0) is 38.4 Å². The van der Waals surface area contributed by atoms with Gasteiger partial charge in [0.15, 0.2) is 8.24 Å². The van der Waals surface area contributed by atoms with Gasteiger partial charge in [-0.1, -0.05) is 0 Å². The van der Waals surface area contributed by atoms with E-state index in [0.717, 1.165) is 0 Å². The van der Waals surface area contributed by atoms with E-state index in [4.69, 9.17) is 0 Å². The molecule has 0 amide bonds. The van der Waals surface area contributed by atoms with Crippen molar-refractivity contribution in [3.05, 3.63) is 0 Å². The zero-order valence-electron chi connectivity index (χ0n) is 8.30. The molecule has 0 radical (unpaired) electrons. The Kier molecular flexibility index (Phi) is 3.55. The van der Waals surface area contributed by atoms with Gasteiger partial charge in [-0.2, -0.15) is 4.40 Å². The molecule has 0 fully saturated rings. The van der Waals surface area contributed by atoms with Crippen molar-refractivity contribution >= 4 is 24.5 Å². The van der Waals surface area contributed by atoms with Gasteiger partial charge in [0.05, 0.1) is 6.01 Å². The van der Waals surface area contributed by atoms with Gasteiger partial charge in [-0.15, -0.1) is 10.2 Å². The van der Waals surface area contributed by atoms with Crippen molar-refractivity contribution in [2.75, 3.05) is 18.8 Å². The number of hydrogen-bond donors (Lipinski definition) is 0. The minimum absolute atomic E-state index is 0.804.